The van der Waals surface area contributed by atoms with E-state index in [1.54, 1.807) is 19.1 Å². The third-order valence-electron chi connectivity index (χ3n) is 4.63. The number of amides is 1. The lowest BCUT2D eigenvalue weighted by atomic mass is 10.1. The molecule has 9 nitrogen and oxygen atoms in total. The average molecular weight is 454 g/mol. The van der Waals surface area contributed by atoms with Crippen molar-refractivity contribution < 1.29 is 26.4 Å². The molecule has 11 heteroatoms. The van der Waals surface area contributed by atoms with Crippen molar-refractivity contribution in [1.29, 1.82) is 0 Å². The third-order valence-corrected chi connectivity index (χ3v) is 7.16. The first-order chi connectivity index (χ1) is 14.0. The van der Waals surface area contributed by atoms with Gasteiger partial charge < -0.3 is 10.1 Å². The van der Waals surface area contributed by atoms with E-state index in [9.17, 15) is 21.6 Å². The summed E-state index contributed by atoms with van der Waals surface area (Å²) in [6.45, 7) is 1.79. The number of hydrogen-bond donors (Lipinski definition) is 3. The minimum Gasteiger partial charge on any atom is -0.495 e. The Bertz CT molecular complexity index is 1190. The first kappa shape index (κ1) is 22.2. The first-order valence-electron chi connectivity index (χ1n) is 9.22. The maximum absolute atomic E-state index is 12.7. The molecular weight excluding hydrogens is 430 g/mol. The van der Waals surface area contributed by atoms with Crippen molar-refractivity contribution >= 4 is 31.6 Å². The Morgan fingerprint density at radius 3 is 2.37 bits per heavy atom. The summed E-state index contributed by atoms with van der Waals surface area (Å²) in [5.74, 6) is -0.492. The third kappa shape index (κ3) is 4.98. The Labute approximate surface area is 175 Å². The van der Waals surface area contributed by atoms with Gasteiger partial charge in [-0.15, -0.1) is 0 Å². The van der Waals surface area contributed by atoms with Gasteiger partial charge in [-0.2, -0.15) is 0 Å². The summed E-state index contributed by atoms with van der Waals surface area (Å²) in [6.07, 6.45) is 1.98. The van der Waals surface area contributed by atoms with Crippen molar-refractivity contribution in [2.24, 2.45) is 5.14 Å². The SMILES string of the molecule is CCc1ccc(NC(=O)c2ccc(OC)c(S(=O)(=O)NC3CC3)c2)cc1S(N)(=O)=O. The van der Waals surface area contributed by atoms with Crippen LogP contribution < -0.4 is 19.9 Å². The van der Waals surface area contributed by atoms with Crippen LogP contribution in [0, 0.1) is 0 Å². The molecule has 0 radical (unpaired) electrons. The molecule has 0 saturated heterocycles. The second kappa shape index (κ2) is 8.34. The van der Waals surface area contributed by atoms with Gasteiger partial charge in [-0.1, -0.05) is 13.0 Å². The van der Waals surface area contributed by atoms with E-state index < -0.39 is 26.0 Å². The van der Waals surface area contributed by atoms with Crippen LogP contribution in [0.25, 0.3) is 0 Å². The molecule has 30 heavy (non-hydrogen) atoms. The van der Waals surface area contributed by atoms with E-state index in [0.29, 0.717) is 12.0 Å². The highest BCUT2D eigenvalue weighted by Crippen LogP contribution is 2.29. The van der Waals surface area contributed by atoms with Crippen LogP contribution in [0.5, 0.6) is 5.75 Å². The van der Waals surface area contributed by atoms with Crippen molar-refractivity contribution in [2.75, 3.05) is 12.4 Å². The number of benzene rings is 2. The summed E-state index contributed by atoms with van der Waals surface area (Å²) in [7, 11) is -6.48. The fourth-order valence-corrected chi connectivity index (χ4v) is 5.27. The minimum absolute atomic E-state index is 0.0729. The molecule has 1 aliphatic rings. The van der Waals surface area contributed by atoms with Gasteiger partial charge in [-0.3, -0.25) is 4.79 Å². The predicted molar refractivity (Wildman–Crippen MR) is 111 cm³/mol. The number of primary sulfonamides is 1. The zero-order valence-corrected chi connectivity index (χ0v) is 18.1. The topological polar surface area (TPSA) is 145 Å². The summed E-state index contributed by atoms with van der Waals surface area (Å²) in [6, 6.07) is 8.34. The number of nitrogens with one attached hydrogen (secondary N) is 2. The molecule has 0 spiro atoms. The Hall–Kier alpha value is -2.47. The lowest BCUT2D eigenvalue weighted by Gasteiger charge is -2.13. The van der Waals surface area contributed by atoms with Gasteiger partial charge in [0.2, 0.25) is 20.0 Å². The molecule has 0 unspecified atom stereocenters. The van der Waals surface area contributed by atoms with Gasteiger partial charge in [0.05, 0.1) is 12.0 Å². The van der Waals surface area contributed by atoms with Crippen LogP contribution in [-0.4, -0.2) is 35.9 Å². The maximum atomic E-state index is 12.7. The Morgan fingerprint density at radius 1 is 1.10 bits per heavy atom. The van der Waals surface area contributed by atoms with Gasteiger partial charge in [-0.05, 0) is 55.2 Å². The number of anilines is 1. The van der Waals surface area contributed by atoms with Crippen molar-refractivity contribution in [3.63, 3.8) is 0 Å². The number of rotatable bonds is 8. The zero-order chi connectivity index (χ0) is 22.1. The standard InChI is InChI=1S/C19H23N3O6S2/c1-3-12-4-6-15(11-17(12)29(20,24)25)21-19(23)13-5-9-16(28-2)18(10-13)30(26,27)22-14-7-8-14/h4-6,9-11,14,22H,3,7-8H2,1-2H3,(H,21,23)(H2,20,24,25). The van der Waals surface area contributed by atoms with Gasteiger partial charge in [0.1, 0.15) is 10.6 Å². The number of methoxy groups -OCH3 is 1. The van der Waals surface area contributed by atoms with Crippen molar-refractivity contribution in [2.45, 2.75) is 42.0 Å². The van der Waals surface area contributed by atoms with E-state index in [2.05, 4.69) is 10.0 Å². The van der Waals surface area contributed by atoms with Crippen molar-refractivity contribution in [1.82, 2.24) is 4.72 Å². The van der Waals surface area contributed by atoms with Gasteiger partial charge >= 0.3 is 0 Å². The second-order valence-electron chi connectivity index (χ2n) is 6.94. The molecule has 2 aromatic carbocycles. The predicted octanol–water partition coefficient (Wildman–Crippen LogP) is 1.60. The Balaban J connectivity index is 1.91. The Kier molecular flexibility index (Phi) is 6.18. The maximum Gasteiger partial charge on any atom is 0.255 e. The molecule has 1 saturated carbocycles. The number of ether oxygens (including phenoxy) is 1. The van der Waals surface area contributed by atoms with Crippen LogP contribution in [0.3, 0.4) is 0 Å². The number of nitrogens with two attached hydrogens (primary N) is 1. The Morgan fingerprint density at radius 2 is 1.80 bits per heavy atom. The smallest absolute Gasteiger partial charge is 0.255 e. The van der Waals surface area contributed by atoms with Gasteiger partial charge in [0.25, 0.3) is 5.91 Å². The summed E-state index contributed by atoms with van der Waals surface area (Å²) in [5, 5.41) is 7.84. The van der Waals surface area contributed by atoms with Crippen LogP contribution in [0.15, 0.2) is 46.2 Å². The summed E-state index contributed by atoms with van der Waals surface area (Å²) in [5.41, 5.74) is 0.820. The highest BCUT2D eigenvalue weighted by atomic mass is 32.2. The quantitative estimate of drug-likeness (QED) is 0.554. The molecule has 3 rings (SSSR count). The molecule has 1 amide bonds. The van der Waals surface area contributed by atoms with E-state index in [4.69, 9.17) is 9.88 Å². The first-order valence-corrected chi connectivity index (χ1v) is 12.3. The van der Waals surface area contributed by atoms with E-state index in [1.165, 1.54) is 31.4 Å². The molecular formula is C19H23N3O6S2. The van der Waals surface area contributed by atoms with Gasteiger partial charge in [-0.25, -0.2) is 26.7 Å². The average Bonchev–Trinajstić information content (AvgIpc) is 3.50. The molecule has 0 atom stereocenters. The normalized spacial score (nSPS) is 14.4. The fraction of sp³-hybridized carbons (Fsp3) is 0.316. The number of hydrogen-bond acceptors (Lipinski definition) is 6. The highest BCUT2D eigenvalue weighted by Gasteiger charge is 2.30. The number of carbonyl (C=O) groups is 1. The highest BCUT2D eigenvalue weighted by molar-refractivity contribution is 7.89. The number of sulfonamides is 2. The van der Waals surface area contributed by atoms with Gasteiger partial charge in [0, 0.05) is 17.3 Å². The summed E-state index contributed by atoms with van der Waals surface area (Å²) in [4.78, 5) is 12.5. The lowest BCUT2D eigenvalue weighted by Crippen LogP contribution is -2.26. The minimum atomic E-state index is -3.96. The van der Waals surface area contributed by atoms with Crippen LogP contribution in [0.4, 0.5) is 5.69 Å². The molecule has 1 fully saturated rings. The molecule has 2 aromatic rings. The molecule has 0 bridgehead atoms. The lowest BCUT2D eigenvalue weighted by molar-refractivity contribution is 0.102. The van der Waals surface area contributed by atoms with E-state index in [1.807, 2.05) is 0 Å². The van der Waals surface area contributed by atoms with Crippen LogP contribution in [-0.2, 0) is 26.5 Å². The fourth-order valence-electron chi connectivity index (χ4n) is 2.90. The van der Waals surface area contributed by atoms with Crippen LogP contribution >= 0.6 is 0 Å². The van der Waals surface area contributed by atoms with Crippen molar-refractivity contribution in [3.05, 3.63) is 47.5 Å². The molecule has 162 valence electrons. The van der Waals surface area contributed by atoms with Crippen molar-refractivity contribution in [3.8, 4) is 5.75 Å². The second-order valence-corrected chi connectivity index (χ2v) is 10.1. The zero-order valence-electron chi connectivity index (χ0n) is 16.5. The molecule has 4 N–H and O–H groups in total. The summed E-state index contributed by atoms with van der Waals surface area (Å²) >= 11 is 0. The van der Waals surface area contributed by atoms with Crippen LogP contribution in [0.1, 0.15) is 35.7 Å². The van der Waals surface area contributed by atoms with Gasteiger partial charge in [0.15, 0.2) is 0 Å². The number of aryl methyl sites for hydroxylation is 1. The van der Waals surface area contributed by atoms with E-state index in [-0.39, 0.29) is 32.8 Å². The summed E-state index contributed by atoms with van der Waals surface area (Å²) < 4.78 is 56.6. The monoisotopic (exact) mass is 453 g/mol. The largest absolute Gasteiger partial charge is 0.495 e. The molecule has 1 aliphatic carbocycles. The van der Waals surface area contributed by atoms with Crippen LogP contribution in [0.2, 0.25) is 0 Å². The number of carbonyl (C=O) groups excluding carboxylic acids is 1. The van der Waals surface area contributed by atoms with E-state index >= 15 is 0 Å². The molecule has 0 aliphatic heterocycles. The molecule has 0 aromatic heterocycles. The molecule has 0 heterocycles. The van der Waals surface area contributed by atoms with E-state index in [0.717, 1.165) is 12.8 Å².